The molecule has 2 N–H and O–H groups in total. The second-order valence-corrected chi connectivity index (χ2v) is 4.08. The number of hydrogen-bond acceptors (Lipinski definition) is 4. The molecule has 2 rings (SSSR count). The lowest BCUT2D eigenvalue weighted by Crippen LogP contribution is -2.29. The maximum absolute atomic E-state index is 8.94. The third-order valence-electron chi connectivity index (χ3n) is 2.88. The SMILES string of the molecule is OC[C@@H]1C[C@H](OC2CCCCO2)CN1. The molecule has 82 valence electrons. The second kappa shape index (κ2) is 5.07. The van der Waals surface area contributed by atoms with Crippen molar-refractivity contribution in [2.24, 2.45) is 0 Å². The van der Waals surface area contributed by atoms with Crippen molar-refractivity contribution in [3.05, 3.63) is 0 Å². The minimum absolute atomic E-state index is 0.00649. The molecular formula is C10H19NO3. The number of aliphatic hydroxyl groups is 1. The Bertz CT molecular complexity index is 171. The first kappa shape index (κ1) is 10.4. The maximum atomic E-state index is 8.94. The molecule has 0 aliphatic carbocycles. The summed E-state index contributed by atoms with van der Waals surface area (Å²) in [5, 5.41) is 12.2. The lowest BCUT2D eigenvalue weighted by atomic mass is 10.2. The minimum atomic E-state index is -0.00649. The van der Waals surface area contributed by atoms with Gasteiger partial charge in [-0.25, -0.2) is 0 Å². The minimum Gasteiger partial charge on any atom is -0.395 e. The molecule has 2 heterocycles. The summed E-state index contributed by atoms with van der Waals surface area (Å²) >= 11 is 0. The van der Waals surface area contributed by atoms with Gasteiger partial charge in [0.05, 0.1) is 12.7 Å². The summed E-state index contributed by atoms with van der Waals surface area (Å²) in [6.07, 6.45) is 4.48. The van der Waals surface area contributed by atoms with E-state index in [0.29, 0.717) is 0 Å². The van der Waals surface area contributed by atoms with Crippen LogP contribution in [0.25, 0.3) is 0 Å². The molecule has 3 atom stereocenters. The van der Waals surface area contributed by atoms with E-state index >= 15 is 0 Å². The van der Waals surface area contributed by atoms with Gasteiger partial charge in [-0.05, 0) is 25.7 Å². The summed E-state index contributed by atoms with van der Waals surface area (Å²) in [4.78, 5) is 0. The van der Waals surface area contributed by atoms with Crippen LogP contribution in [0.4, 0.5) is 0 Å². The highest BCUT2D eigenvalue weighted by Gasteiger charge is 2.27. The fraction of sp³-hybridized carbons (Fsp3) is 1.00. The average molecular weight is 201 g/mol. The molecule has 0 aromatic carbocycles. The topological polar surface area (TPSA) is 50.7 Å². The Morgan fingerprint density at radius 3 is 3.00 bits per heavy atom. The zero-order chi connectivity index (χ0) is 9.80. The third kappa shape index (κ3) is 2.67. The lowest BCUT2D eigenvalue weighted by Gasteiger charge is -2.25. The van der Waals surface area contributed by atoms with Gasteiger partial charge in [-0.2, -0.15) is 0 Å². The van der Waals surface area contributed by atoms with Crippen LogP contribution in [0.5, 0.6) is 0 Å². The van der Waals surface area contributed by atoms with E-state index in [9.17, 15) is 0 Å². The molecule has 0 spiro atoms. The number of hydrogen-bond donors (Lipinski definition) is 2. The van der Waals surface area contributed by atoms with Gasteiger partial charge in [0.1, 0.15) is 0 Å². The van der Waals surface area contributed by atoms with Gasteiger partial charge < -0.3 is 19.9 Å². The zero-order valence-corrected chi connectivity index (χ0v) is 8.45. The maximum Gasteiger partial charge on any atom is 0.158 e. The fourth-order valence-corrected chi connectivity index (χ4v) is 2.06. The normalized spacial score (nSPS) is 38.8. The van der Waals surface area contributed by atoms with Crippen molar-refractivity contribution in [2.75, 3.05) is 19.8 Å². The number of rotatable bonds is 3. The van der Waals surface area contributed by atoms with Crippen LogP contribution in [0, 0.1) is 0 Å². The van der Waals surface area contributed by atoms with Crippen LogP contribution in [0.1, 0.15) is 25.7 Å². The monoisotopic (exact) mass is 201 g/mol. The number of aliphatic hydroxyl groups excluding tert-OH is 1. The summed E-state index contributed by atoms with van der Waals surface area (Å²) in [6.45, 7) is 1.87. The van der Waals surface area contributed by atoms with Crippen LogP contribution in [-0.4, -0.2) is 43.3 Å². The van der Waals surface area contributed by atoms with E-state index in [1.54, 1.807) is 0 Å². The van der Waals surface area contributed by atoms with Crippen molar-refractivity contribution in [3.8, 4) is 0 Å². The van der Waals surface area contributed by atoms with Gasteiger partial charge in [0.2, 0.25) is 0 Å². The van der Waals surface area contributed by atoms with Gasteiger partial charge in [0.15, 0.2) is 6.29 Å². The number of nitrogens with one attached hydrogen (secondary N) is 1. The van der Waals surface area contributed by atoms with Crippen LogP contribution in [0.2, 0.25) is 0 Å². The van der Waals surface area contributed by atoms with E-state index in [-0.39, 0.29) is 25.0 Å². The van der Waals surface area contributed by atoms with Crippen molar-refractivity contribution in [1.82, 2.24) is 5.32 Å². The highest BCUT2D eigenvalue weighted by molar-refractivity contribution is 4.82. The summed E-state index contributed by atoms with van der Waals surface area (Å²) in [7, 11) is 0. The Hall–Kier alpha value is -0.160. The van der Waals surface area contributed by atoms with Gasteiger partial charge in [-0.15, -0.1) is 0 Å². The Balaban J connectivity index is 1.69. The van der Waals surface area contributed by atoms with Crippen molar-refractivity contribution >= 4 is 0 Å². The van der Waals surface area contributed by atoms with Crippen LogP contribution in [0.15, 0.2) is 0 Å². The zero-order valence-electron chi connectivity index (χ0n) is 8.45. The predicted octanol–water partition coefficient (Wildman–Crippen LogP) is 0.252. The van der Waals surface area contributed by atoms with E-state index in [0.717, 1.165) is 32.4 Å². The molecule has 4 heteroatoms. The number of ether oxygens (including phenoxy) is 2. The predicted molar refractivity (Wildman–Crippen MR) is 52.0 cm³/mol. The van der Waals surface area contributed by atoms with E-state index in [1.807, 2.05) is 0 Å². The molecule has 2 aliphatic rings. The molecule has 2 aliphatic heterocycles. The standard InChI is InChI=1S/C10H19NO3/c12-7-8-5-9(6-11-8)14-10-3-1-2-4-13-10/h8-12H,1-7H2/t8-,9-,10?/m0/s1. The van der Waals surface area contributed by atoms with E-state index < -0.39 is 0 Å². The van der Waals surface area contributed by atoms with Gasteiger partial charge in [-0.1, -0.05) is 0 Å². The van der Waals surface area contributed by atoms with Crippen molar-refractivity contribution in [3.63, 3.8) is 0 Å². The van der Waals surface area contributed by atoms with Crippen LogP contribution in [0.3, 0.4) is 0 Å². The summed E-state index contributed by atoms with van der Waals surface area (Å²) in [5.74, 6) is 0. The molecule has 14 heavy (non-hydrogen) atoms. The molecule has 4 nitrogen and oxygen atoms in total. The van der Waals surface area contributed by atoms with E-state index in [1.165, 1.54) is 6.42 Å². The molecule has 0 aromatic rings. The molecule has 0 radical (unpaired) electrons. The molecule has 0 aromatic heterocycles. The summed E-state index contributed by atoms with van der Waals surface area (Å²) in [5.41, 5.74) is 0. The third-order valence-corrected chi connectivity index (χ3v) is 2.88. The van der Waals surface area contributed by atoms with Crippen molar-refractivity contribution < 1.29 is 14.6 Å². The van der Waals surface area contributed by atoms with Gasteiger partial charge in [0.25, 0.3) is 0 Å². The molecular weight excluding hydrogens is 182 g/mol. The summed E-state index contributed by atoms with van der Waals surface area (Å²) < 4.78 is 11.3. The van der Waals surface area contributed by atoms with Gasteiger partial charge >= 0.3 is 0 Å². The van der Waals surface area contributed by atoms with Gasteiger partial charge in [0, 0.05) is 19.2 Å². The smallest absolute Gasteiger partial charge is 0.158 e. The van der Waals surface area contributed by atoms with Crippen LogP contribution >= 0.6 is 0 Å². The molecule has 1 unspecified atom stereocenters. The highest BCUT2D eigenvalue weighted by atomic mass is 16.7. The van der Waals surface area contributed by atoms with Crippen molar-refractivity contribution in [2.45, 2.75) is 44.1 Å². The molecule has 2 saturated heterocycles. The molecule has 0 saturated carbocycles. The summed E-state index contributed by atoms with van der Waals surface area (Å²) in [6, 6.07) is 0.212. The fourth-order valence-electron chi connectivity index (χ4n) is 2.06. The molecule has 2 fully saturated rings. The Morgan fingerprint density at radius 1 is 1.43 bits per heavy atom. The largest absolute Gasteiger partial charge is 0.395 e. The first-order valence-corrected chi connectivity index (χ1v) is 5.50. The molecule has 0 bridgehead atoms. The Kier molecular flexibility index (Phi) is 3.75. The molecule has 0 amide bonds. The van der Waals surface area contributed by atoms with Crippen LogP contribution < -0.4 is 5.32 Å². The van der Waals surface area contributed by atoms with E-state index in [2.05, 4.69) is 5.32 Å². The first-order chi connectivity index (χ1) is 6.88. The van der Waals surface area contributed by atoms with E-state index in [4.69, 9.17) is 14.6 Å². The average Bonchev–Trinajstić information content (AvgIpc) is 2.67. The Labute approximate surface area is 84.6 Å². The second-order valence-electron chi connectivity index (χ2n) is 4.08. The highest BCUT2D eigenvalue weighted by Crippen LogP contribution is 2.19. The first-order valence-electron chi connectivity index (χ1n) is 5.50. The van der Waals surface area contributed by atoms with Crippen molar-refractivity contribution in [1.29, 1.82) is 0 Å². The Morgan fingerprint density at radius 2 is 2.36 bits per heavy atom. The van der Waals surface area contributed by atoms with Gasteiger partial charge in [-0.3, -0.25) is 0 Å². The van der Waals surface area contributed by atoms with Crippen LogP contribution in [-0.2, 0) is 9.47 Å². The quantitative estimate of drug-likeness (QED) is 0.687. The lowest BCUT2D eigenvalue weighted by molar-refractivity contribution is -0.184.